The molecular formula is C25H22Cl2IN3O5. The summed E-state index contributed by atoms with van der Waals surface area (Å²) in [5.41, 5.74) is 4.80. The molecule has 0 aliphatic carbocycles. The third kappa shape index (κ3) is 6.86. The van der Waals surface area contributed by atoms with E-state index in [4.69, 9.17) is 42.1 Å². The fourth-order valence-corrected chi connectivity index (χ4v) is 4.51. The van der Waals surface area contributed by atoms with Crippen molar-refractivity contribution in [2.75, 3.05) is 25.3 Å². The summed E-state index contributed by atoms with van der Waals surface area (Å²) in [5, 5.41) is 8.18. The quantitative estimate of drug-likeness (QED) is 0.164. The number of nitrogens with zero attached hydrogens (tertiary/aromatic N) is 1. The number of benzene rings is 3. The Hall–Kier alpha value is -2.89. The lowest BCUT2D eigenvalue weighted by molar-refractivity contribution is -0.119. The number of amides is 1. The van der Waals surface area contributed by atoms with Gasteiger partial charge in [-0.3, -0.25) is 4.79 Å². The van der Waals surface area contributed by atoms with Crippen LogP contribution in [0.1, 0.15) is 18.1 Å². The Labute approximate surface area is 232 Å². The van der Waals surface area contributed by atoms with E-state index in [-0.39, 0.29) is 25.9 Å². The van der Waals surface area contributed by atoms with Gasteiger partial charge >= 0.3 is 0 Å². The fraction of sp³-hybridized carbons (Fsp3) is 0.200. The summed E-state index contributed by atoms with van der Waals surface area (Å²) in [6.07, 6.45) is 1.54. The Balaban J connectivity index is 1.35. The van der Waals surface area contributed by atoms with Crippen molar-refractivity contribution in [1.29, 1.82) is 0 Å². The monoisotopic (exact) mass is 641 g/mol. The summed E-state index contributed by atoms with van der Waals surface area (Å²) in [6, 6.07) is 14.3. The van der Waals surface area contributed by atoms with Crippen molar-refractivity contribution >= 4 is 63.6 Å². The normalized spacial score (nSPS) is 12.0. The van der Waals surface area contributed by atoms with Crippen molar-refractivity contribution in [3.8, 4) is 23.0 Å². The van der Waals surface area contributed by atoms with E-state index in [9.17, 15) is 4.79 Å². The van der Waals surface area contributed by atoms with Crippen LogP contribution in [0.15, 0.2) is 53.6 Å². The molecule has 0 fully saturated rings. The van der Waals surface area contributed by atoms with Gasteiger partial charge in [-0.25, -0.2) is 5.43 Å². The highest BCUT2D eigenvalue weighted by molar-refractivity contribution is 14.1. The third-order valence-electron chi connectivity index (χ3n) is 4.95. The molecule has 0 saturated heterocycles. The lowest BCUT2D eigenvalue weighted by atomic mass is 10.2. The lowest BCUT2D eigenvalue weighted by Crippen LogP contribution is -2.25. The van der Waals surface area contributed by atoms with Gasteiger partial charge in [-0.2, -0.15) is 5.10 Å². The number of ether oxygens (including phenoxy) is 4. The molecule has 8 nitrogen and oxygen atoms in total. The maximum atomic E-state index is 12.2. The number of hydrogen-bond donors (Lipinski definition) is 2. The van der Waals surface area contributed by atoms with Crippen LogP contribution in [0.25, 0.3) is 0 Å². The molecule has 0 bridgehead atoms. The minimum Gasteiger partial charge on any atom is -0.490 e. The maximum absolute atomic E-state index is 12.2. The molecule has 3 aromatic rings. The Kier molecular flexibility index (Phi) is 9.00. The van der Waals surface area contributed by atoms with Crippen LogP contribution in [-0.4, -0.2) is 32.1 Å². The average molecular weight is 642 g/mol. The molecule has 4 rings (SSSR count). The molecule has 1 heterocycles. The van der Waals surface area contributed by atoms with Gasteiger partial charge in [0.2, 0.25) is 6.79 Å². The zero-order chi connectivity index (χ0) is 25.5. The summed E-state index contributed by atoms with van der Waals surface area (Å²) in [5.74, 6) is 2.18. The van der Waals surface area contributed by atoms with Crippen LogP contribution in [0.5, 0.6) is 23.0 Å². The molecular weight excluding hydrogens is 620 g/mol. The Morgan fingerprint density at radius 1 is 1.11 bits per heavy atom. The molecule has 188 valence electrons. The topological polar surface area (TPSA) is 90.4 Å². The van der Waals surface area contributed by atoms with Crippen LogP contribution >= 0.6 is 45.8 Å². The van der Waals surface area contributed by atoms with Crippen molar-refractivity contribution in [3.63, 3.8) is 0 Å². The highest BCUT2D eigenvalue weighted by atomic mass is 127. The highest BCUT2D eigenvalue weighted by Gasteiger charge is 2.14. The molecule has 1 amide bonds. The van der Waals surface area contributed by atoms with Gasteiger partial charge in [-0.1, -0.05) is 29.3 Å². The predicted octanol–water partition coefficient (Wildman–Crippen LogP) is 5.87. The molecule has 3 aromatic carbocycles. The average Bonchev–Trinajstić information content (AvgIpc) is 3.31. The number of hydrazone groups is 1. The second-order valence-corrected chi connectivity index (χ2v) is 9.51. The first-order valence-corrected chi connectivity index (χ1v) is 12.7. The van der Waals surface area contributed by atoms with Crippen LogP contribution in [0.2, 0.25) is 10.0 Å². The van der Waals surface area contributed by atoms with E-state index in [0.717, 1.165) is 20.4 Å². The van der Waals surface area contributed by atoms with E-state index in [1.165, 1.54) is 0 Å². The van der Waals surface area contributed by atoms with Crippen molar-refractivity contribution in [2.45, 2.75) is 13.5 Å². The smallest absolute Gasteiger partial charge is 0.259 e. The standard InChI is InChI=1S/C25H22Cl2IN3O5/c1-2-33-23-8-15(7-20(28)25(23)34-13-16-3-4-17(26)9-19(16)27)11-30-31-24(32)12-29-18-5-6-21-22(10-18)36-14-35-21/h3-11,29H,2,12-14H2,1H3,(H,31,32)/b30-11-. The first-order valence-electron chi connectivity index (χ1n) is 10.9. The largest absolute Gasteiger partial charge is 0.490 e. The van der Waals surface area contributed by atoms with Crippen LogP contribution in [0.3, 0.4) is 0 Å². The van der Waals surface area contributed by atoms with E-state index in [0.29, 0.717) is 39.7 Å². The van der Waals surface area contributed by atoms with Gasteiger partial charge in [0.05, 0.1) is 22.9 Å². The SMILES string of the molecule is CCOc1cc(/C=N\NC(=O)CNc2ccc3c(c2)OCO3)cc(I)c1OCc1ccc(Cl)cc1Cl. The highest BCUT2D eigenvalue weighted by Crippen LogP contribution is 2.36. The predicted molar refractivity (Wildman–Crippen MR) is 148 cm³/mol. The number of nitrogens with one attached hydrogen (secondary N) is 2. The van der Waals surface area contributed by atoms with Crippen molar-refractivity contribution < 1.29 is 23.7 Å². The Morgan fingerprint density at radius 3 is 2.75 bits per heavy atom. The number of rotatable bonds is 10. The number of anilines is 1. The van der Waals surface area contributed by atoms with E-state index >= 15 is 0 Å². The fourth-order valence-electron chi connectivity index (χ4n) is 3.26. The second-order valence-electron chi connectivity index (χ2n) is 7.50. The minimum absolute atomic E-state index is 0.0404. The zero-order valence-corrected chi connectivity index (χ0v) is 22.8. The number of fused-ring (bicyclic) bond motifs is 1. The molecule has 2 N–H and O–H groups in total. The maximum Gasteiger partial charge on any atom is 0.259 e. The number of halogens is 3. The van der Waals surface area contributed by atoms with Crippen LogP contribution in [-0.2, 0) is 11.4 Å². The molecule has 1 aliphatic heterocycles. The zero-order valence-electron chi connectivity index (χ0n) is 19.1. The summed E-state index contributed by atoms with van der Waals surface area (Å²) in [6.45, 7) is 2.84. The molecule has 0 unspecified atom stereocenters. The number of carbonyl (C=O) groups excluding carboxylic acids is 1. The van der Waals surface area contributed by atoms with Gasteiger partial charge in [0.1, 0.15) is 6.61 Å². The Morgan fingerprint density at radius 2 is 1.94 bits per heavy atom. The van der Waals surface area contributed by atoms with E-state index in [1.54, 1.807) is 36.5 Å². The molecule has 0 aromatic heterocycles. The molecule has 11 heteroatoms. The van der Waals surface area contributed by atoms with Gasteiger partial charge in [0.25, 0.3) is 5.91 Å². The molecule has 36 heavy (non-hydrogen) atoms. The van der Waals surface area contributed by atoms with E-state index in [2.05, 4.69) is 38.4 Å². The van der Waals surface area contributed by atoms with Gasteiger partial charge in [-0.05, 0) is 71.5 Å². The summed E-state index contributed by atoms with van der Waals surface area (Å²) >= 11 is 14.4. The third-order valence-corrected chi connectivity index (χ3v) is 6.34. The first kappa shape index (κ1) is 26.2. The van der Waals surface area contributed by atoms with Gasteiger partial charge in [-0.15, -0.1) is 0 Å². The second kappa shape index (κ2) is 12.4. The van der Waals surface area contributed by atoms with Gasteiger partial charge in [0, 0.05) is 27.4 Å². The first-order chi connectivity index (χ1) is 17.4. The molecule has 1 aliphatic rings. The molecule has 0 saturated carbocycles. The van der Waals surface area contributed by atoms with Gasteiger partial charge < -0.3 is 24.3 Å². The Bertz CT molecular complexity index is 1290. The van der Waals surface area contributed by atoms with E-state index < -0.39 is 0 Å². The molecule has 0 spiro atoms. The number of hydrogen-bond acceptors (Lipinski definition) is 7. The van der Waals surface area contributed by atoms with Crippen molar-refractivity contribution in [1.82, 2.24) is 5.43 Å². The van der Waals surface area contributed by atoms with Crippen molar-refractivity contribution in [2.24, 2.45) is 5.10 Å². The van der Waals surface area contributed by atoms with Gasteiger partial charge in [0.15, 0.2) is 23.0 Å². The van der Waals surface area contributed by atoms with E-state index in [1.807, 2.05) is 25.1 Å². The van der Waals surface area contributed by atoms with Crippen LogP contribution in [0, 0.1) is 3.57 Å². The van der Waals surface area contributed by atoms with Crippen molar-refractivity contribution in [3.05, 3.63) is 73.3 Å². The molecule has 0 radical (unpaired) electrons. The minimum atomic E-state index is -0.302. The lowest BCUT2D eigenvalue weighted by Gasteiger charge is -2.15. The number of carbonyl (C=O) groups is 1. The van der Waals surface area contributed by atoms with Crippen LogP contribution < -0.4 is 29.7 Å². The summed E-state index contributed by atoms with van der Waals surface area (Å²) in [4.78, 5) is 12.2. The van der Waals surface area contributed by atoms with Crippen LogP contribution in [0.4, 0.5) is 5.69 Å². The molecule has 0 atom stereocenters. The summed E-state index contributed by atoms with van der Waals surface area (Å²) < 4.78 is 23.2. The summed E-state index contributed by atoms with van der Waals surface area (Å²) in [7, 11) is 0.